The molecule has 1 aliphatic carbocycles. The average molecular weight is 234 g/mol. The number of hydrogen-bond acceptors (Lipinski definition) is 2. The minimum Gasteiger partial charge on any atom is -0.305 e. The van der Waals surface area contributed by atoms with Crippen molar-refractivity contribution in [1.29, 1.82) is 0 Å². The van der Waals surface area contributed by atoms with Crippen LogP contribution in [0.2, 0.25) is 0 Å². The van der Waals surface area contributed by atoms with Gasteiger partial charge in [-0.3, -0.25) is 4.90 Å². The van der Waals surface area contributed by atoms with Gasteiger partial charge in [-0.2, -0.15) is 0 Å². The summed E-state index contributed by atoms with van der Waals surface area (Å²) in [6, 6.07) is 1.50. The minimum atomic E-state index is 0.636. The van der Waals surface area contributed by atoms with Gasteiger partial charge in [0.1, 0.15) is 0 Å². The van der Waals surface area contributed by atoms with E-state index in [0.29, 0.717) is 12.6 Å². The molecule has 0 radical (unpaired) electrons. The van der Waals surface area contributed by atoms with Crippen LogP contribution in [0.25, 0.3) is 0 Å². The maximum absolute atomic E-state index is 5.27. The van der Waals surface area contributed by atoms with Crippen LogP contribution in [-0.2, 0) is 0 Å². The summed E-state index contributed by atoms with van der Waals surface area (Å²) < 4.78 is 0. The largest absolute Gasteiger partial charge is 0.305 e. The summed E-state index contributed by atoms with van der Waals surface area (Å²) in [5.74, 6) is 3.63. The van der Waals surface area contributed by atoms with Gasteiger partial charge in [0.25, 0.3) is 0 Å². The molecule has 2 fully saturated rings. The lowest BCUT2D eigenvalue weighted by molar-refractivity contribution is 0.142. The van der Waals surface area contributed by atoms with Crippen molar-refractivity contribution in [2.75, 3.05) is 19.6 Å². The van der Waals surface area contributed by atoms with E-state index < -0.39 is 0 Å². The zero-order valence-corrected chi connectivity index (χ0v) is 11.1. The van der Waals surface area contributed by atoms with Crippen molar-refractivity contribution in [2.45, 2.75) is 57.5 Å². The van der Waals surface area contributed by atoms with Gasteiger partial charge in [-0.15, -0.1) is 6.42 Å². The Morgan fingerprint density at radius 1 is 1.29 bits per heavy atom. The molecule has 1 saturated carbocycles. The summed E-state index contributed by atoms with van der Waals surface area (Å²) in [6.45, 7) is 5.37. The van der Waals surface area contributed by atoms with Crippen molar-refractivity contribution in [3.05, 3.63) is 0 Å². The molecule has 0 aromatic rings. The molecule has 2 heteroatoms. The van der Waals surface area contributed by atoms with E-state index in [1.807, 2.05) is 0 Å². The summed E-state index contributed by atoms with van der Waals surface area (Å²) in [5.41, 5.74) is 0. The van der Waals surface area contributed by atoms with Crippen LogP contribution < -0.4 is 5.32 Å². The van der Waals surface area contributed by atoms with Gasteiger partial charge >= 0.3 is 0 Å². The van der Waals surface area contributed by atoms with Crippen LogP contribution >= 0.6 is 0 Å². The molecule has 1 saturated heterocycles. The van der Waals surface area contributed by atoms with E-state index in [4.69, 9.17) is 6.42 Å². The van der Waals surface area contributed by atoms with Gasteiger partial charge in [0.15, 0.2) is 0 Å². The molecule has 0 aromatic carbocycles. The van der Waals surface area contributed by atoms with Crippen molar-refractivity contribution in [1.82, 2.24) is 10.2 Å². The first kappa shape index (κ1) is 12.9. The van der Waals surface area contributed by atoms with Crippen molar-refractivity contribution in [2.24, 2.45) is 5.92 Å². The second kappa shape index (κ2) is 6.42. The highest BCUT2D eigenvalue weighted by molar-refractivity contribution is 4.91. The van der Waals surface area contributed by atoms with E-state index >= 15 is 0 Å². The number of nitrogens with zero attached hydrogens (tertiary/aromatic N) is 1. The number of likely N-dealkylation sites (tertiary alicyclic amines) is 1. The molecule has 0 bridgehead atoms. The summed E-state index contributed by atoms with van der Waals surface area (Å²) in [5, 5.41) is 3.35. The van der Waals surface area contributed by atoms with Crippen LogP contribution in [0, 0.1) is 18.3 Å². The van der Waals surface area contributed by atoms with Crippen molar-refractivity contribution in [3.8, 4) is 12.3 Å². The van der Waals surface area contributed by atoms with E-state index in [1.165, 1.54) is 45.1 Å². The Kier molecular flexibility index (Phi) is 4.88. The number of nitrogens with one attached hydrogen (secondary N) is 1. The van der Waals surface area contributed by atoms with Gasteiger partial charge in [-0.25, -0.2) is 0 Å². The second-order valence-electron chi connectivity index (χ2n) is 5.68. The summed E-state index contributed by atoms with van der Waals surface area (Å²) in [6.07, 6.45) is 13.9. The molecule has 1 aliphatic heterocycles. The third-order valence-electron chi connectivity index (χ3n) is 4.52. The van der Waals surface area contributed by atoms with Crippen molar-refractivity contribution >= 4 is 0 Å². The van der Waals surface area contributed by atoms with Crippen LogP contribution in [0.5, 0.6) is 0 Å². The molecule has 96 valence electrons. The fraction of sp³-hybridized carbons (Fsp3) is 0.867. The topological polar surface area (TPSA) is 15.3 Å². The Morgan fingerprint density at radius 3 is 2.76 bits per heavy atom. The number of rotatable bonds is 5. The highest BCUT2D eigenvalue weighted by Crippen LogP contribution is 2.36. The molecule has 0 spiro atoms. The van der Waals surface area contributed by atoms with E-state index in [-0.39, 0.29) is 0 Å². The maximum Gasteiger partial charge on any atom is 0.0574 e. The SMILES string of the molecule is C#CCNCC(C)N1CCCC1C1CCCC1. The molecule has 2 unspecified atom stereocenters. The first-order valence-corrected chi connectivity index (χ1v) is 7.23. The molecule has 1 heterocycles. The van der Waals surface area contributed by atoms with Gasteiger partial charge in [0, 0.05) is 18.6 Å². The first-order chi connectivity index (χ1) is 8.33. The fourth-order valence-electron chi connectivity index (χ4n) is 3.68. The van der Waals surface area contributed by atoms with Crippen LogP contribution in [0.15, 0.2) is 0 Å². The quantitative estimate of drug-likeness (QED) is 0.580. The minimum absolute atomic E-state index is 0.636. The lowest BCUT2D eigenvalue weighted by Crippen LogP contribution is -2.45. The summed E-state index contributed by atoms with van der Waals surface area (Å²) in [7, 11) is 0. The maximum atomic E-state index is 5.27. The third-order valence-corrected chi connectivity index (χ3v) is 4.52. The van der Waals surface area contributed by atoms with Crippen molar-refractivity contribution < 1.29 is 0 Å². The Bertz CT molecular complexity index is 263. The van der Waals surface area contributed by atoms with Crippen LogP contribution in [-0.4, -0.2) is 36.6 Å². The van der Waals surface area contributed by atoms with E-state index in [0.717, 1.165) is 18.5 Å². The van der Waals surface area contributed by atoms with Crippen LogP contribution in [0.1, 0.15) is 45.4 Å². The molecule has 17 heavy (non-hydrogen) atoms. The molecule has 2 aliphatic rings. The highest BCUT2D eigenvalue weighted by atomic mass is 15.2. The van der Waals surface area contributed by atoms with E-state index in [1.54, 1.807) is 0 Å². The molecular weight excluding hydrogens is 208 g/mol. The Morgan fingerprint density at radius 2 is 2.06 bits per heavy atom. The molecule has 2 atom stereocenters. The van der Waals surface area contributed by atoms with E-state index in [2.05, 4.69) is 23.1 Å². The van der Waals surface area contributed by atoms with Gasteiger partial charge < -0.3 is 5.32 Å². The zero-order chi connectivity index (χ0) is 12.1. The summed E-state index contributed by atoms with van der Waals surface area (Å²) in [4.78, 5) is 2.74. The van der Waals surface area contributed by atoms with Gasteiger partial charge in [0.05, 0.1) is 6.54 Å². The Hall–Kier alpha value is -0.520. The lowest BCUT2D eigenvalue weighted by atomic mass is 9.95. The second-order valence-corrected chi connectivity index (χ2v) is 5.68. The molecule has 0 aromatic heterocycles. The van der Waals surface area contributed by atoms with Gasteiger partial charge in [-0.05, 0) is 45.1 Å². The zero-order valence-electron chi connectivity index (χ0n) is 11.1. The molecule has 1 N–H and O–H groups in total. The number of hydrogen-bond donors (Lipinski definition) is 1. The molecular formula is C15H26N2. The third kappa shape index (κ3) is 3.24. The van der Waals surface area contributed by atoms with Crippen LogP contribution in [0.3, 0.4) is 0 Å². The predicted octanol–water partition coefficient (Wildman–Crippen LogP) is 2.25. The first-order valence-electron chi connectivity index (χ1n) is 7.23. The molecule has 0 amide bonds. The van der Waals surface area contributed by atoms with Gasteiger partial charge in [0.2, 0.25) is 0 Å². The lowest BCUT2D eigenvalue weighted by Gasteiger charge is -2.34. The molecule has 2 nitrogen and oxygen atoms in total. The smallest absolute Gasteiger partial charge is 0.0574 e. The number of terminal acetylenes is 1. The van der Waals surface area contributed by atoms with E-state index in [9.17, 15) is 0 Å². The summed E-state index contributed by atoms with van der Waals surface area (Å²) >= 11 is 0. The fourth-order valence-corrected chi connectivity index (χ4v) is 3.68. The standard InChI is InChI=1S/C15H26N2/c1-3-10-16-12-13(2)17-11-6-9-15(17)14-7-4-5-8-14/h1,13-16H,4-12H2,2H3. The normalized spacial score (nSPS) is 28.4. The van der Waals surface area contributed by atoms with Gasteiger partial charge in [-0.1, -0.05) is 18.8 Å². The Balaban J connectivity index is 1.83. The molecule has 2 rings (SSSR count). The Labute approximate surface area is 106 Å². The average Bonchev–Trinajstić information content (AvgIpc) is 2.99. The van der Waals surface area contributed by atoms with Crippen molar-refractivity contribution in [3.63, 3.8) is 0 Å². The predicted molar refractivity (Wildman–Crippen MR) is 72.9 cm³/mol. The monoisotopic (exact) mass is 234 g/mol. The highest BCUT2D eigenvalue weighted by Gasteiger charge is 2.35. The van der Waals surface area contributed by atoms with Crippen LogP contribution in [0.4, 0.5) is 0 Å².